The number of hydrogen-bond acceptors (Lipinski definition) is 18. The number of amides is 1. The number of hydrogen-bond donors (Lipinski definition) is 12. The van der Waals surface area contributed by atoms with Crippen molar-refractivity contribution in [3.63, 3.8) is 0 Å². The lowest BCUT2D eigenvalue weighted by Gasteiger charge is -2.48. The average molecular weight is 1390 g/mol. The van der Waals surface area contributed by atoms with E-state index in [0.29, 0.717) is 12.8 Å². The molecule has 0 radical (unpaired) electrons. The second kappa shape index (κ2) is 59.4. The molecule has 17 unspecified atom stereocenters. The maximum absolute atomic E-state index is 13.5. The molecule has 3 aliphatic heterocycles. The SMILES string of the molecule is CC/C=C\C/C=C\C/C=C\C/C=C\CCCCCCCCCCCCCCCCCCC(=O)NC(COC1OC(CO)C(OC2OC(CO)C(OC3OC(CO)C(O)C(O)C3O)C(O)C2O)C(O)C1O)C(O)/C=C/CC/C=C/CC/C=C/CCCCCCCCCCCCCCCC. The van der Waals surface area contributed by atoms with Crippen LogP contribution in [0.1, 0.15) is 277 Å². The van der Waals surface area contributed by atoms with Gasteiger partial charge in [0.05, 0.1) is 38.6 Å². The van der Waals surface area contributed by atoms with Gasteiger partial charge in [0.1, 0.15) is 73.2 Å². The Morgan fingerprint density at radius 1 is 0.378 bits per heavy atom. The van der Waals surface area contributed by atoms with Gasteiger partial charge >= 0.3 is 0 Å². The molecule has 0 aliphatic carbocycles. The van der Waals surface area contributed by atoms with Gasteiger partial charge in [0.15, 0.2) is 18.9 Å². The fourth-order valence-corrected chi connectivity index (χ4v) is 12.7. The van der Waals surface area contributed by atoms with Gasteiger partial charge < -0.3 is 89.9 Å². The molecule has 19 heteroatoms. The molecule has 0 aromatic rings. The van der Waals surface area contributed by atoms with Crippen molar-refractivity contribution in [2.75, 3.05) is 26.4 Å². The van der Waals surface area contributed by atoms with Crippen LogP contribution in [-0.4, -0.2) is 193 Å². The topological polar surface area (TPSA) is 307 Å². The molecule has 0 aromatic carbocycles. The molecule has 0 saturated carbocycles. The van der Waals surface area contributed by atoms with Crippen molar-refractivity contribution in [2.24, 2.45) is 0 Å². The van der Waals surface area contributed by atoms with E-state index in [4.69, 9.17) is 28.4 Å². The van der Waals surface area contributed by atoms with Crippen LogP contribution in [0, 0.1) is 0 Å². The van der Waals surface area contributed by atoms with Gasteiger partial charge in [-0.15, -0.1) is 0 Å². The third-order valence-electron chi connectivity index (χ3n) is 18.9. The number of aliphatic hydroxyl groups is 11. The zero-order valence-electron chi connectivity index (χ0n) is 60.5. The van der Waals surface area contributed by atoms with Crippen LogP contribution in [0.2, 0.25) is 0 Å². The molecule has 12 N–H and O–H groups in total. The summed E-state index contributed by atoms with van der Waals surface area (Å²) in [6.45, 7) is 1.62. The average Bonchev–Trinajstić information content (AvgIpc) is 0.784. The molecule has 3 heterocycles. The summed E-state index contributed by atoms with van der Waals surface area (Å²) in [4.78, 5) is 13.5. The molecule has 3 fully saturated rings. The largest absolute Gasteiger partial charge is 0.394 e. The van der Waals surface area contributed by atoms with E-state index in [0.717, 1.165) is 70.6 Å². The molecular weight excluding hydrogens is 1250 g/mol. The van der Waals surface area contributed by atoms with Crippen LogP contribution in [-0.2, 0) is 33.2 Å². The fourth-order valence-electron chi connectivity index (χ4n) is 12.7. The van der Waals surface area contributed by atoms with Crippen molar-refractivity contribution in [3.05, 3.63) is 85.1 Å². The van der Waals surface area contributed by atoms with E-state index in [1.807, 2.05) is 6.08 Å². The number of ether oxygens (including phenoxy) is 6. The number of allylic oxidation sites excluding steroid dienone is 13. The zero-order valence-corrected chi connectivity index (χ0v) is 60.5. The standard InChI is InChI=1S/C79H139NO18/c1-3-5-7-9-11-13-15-17-19-21-23-25-27-29-30-31-32-33-35-37-39-41-43-45-47-49-51-53-55-57-67(85)80-62(63(84)56-54-52-50-48-46-44-42-40-38-36-34-28-26-24-22-20-18-16-14-12-10-8-6-4-2)61-93-77-73(91)70(88)75(65(59-82)95-77)98-79-74(92)71(89)76(66(60-83)96-79)97-78-72(90)69(87)68(86)64(58-81)94-78/h5,7,11,13,17,19,23,25,38,40,46,48,54,56,62-66,68-79,81-84,86-92H,3-4,6,8-10,12,14-16,18,20-22,24,26-37,39,41-45,47,49-53,55,57-61H2,1-2H3,(H,80,85)/b7-5-,13-11-,19-17-,25-23-,40-38+,48-46+,56-54+. The fraction of sp³-hybridized carbons (Fsp3) is 0.810. The summed E-state index contributed by atoms with van der Waals surface area (Å²) in [6, 6.07) is -1.00. The van der Waals surface area contributed by atoms with Crippen molar-refractivity contribution in [3.8, 4) is 0 Å². The predicted octanol–water partition coefficient (Wildman–Crippen LogP) is 12.2. The van der Waals surface area contributed by atoms with Gasteiger partial charge in [0.2, 0.25) is 5.91 Å². The Balaban J connectivity index is 1.40. The van der Waals surface area contributed by atoms with Crippen LogP contribution in [0.15, 0.2) is 85.1 Å². The zero-order chi connectivity index (χ0) is 71.1. The molecule has 0 bridgehead atoms. The third kappa shape index (κ3) is 39.6. The summed E-state index contributed by atoms with van der Waals surface area (Å²) >= 11 is 0. The molecule has 0 aromatic heterocycles. The second-order valence-corrected chi connectivity index (χ2v) is 27.4. The number of unbranched alkanes of at least 4 members (excludes halogenated alkanes) is 32. The molecule has 3 rings (SSSR count). The Morgan fingerprint density at radius 2 is 0.714 bits per heavy atom. The molecule has 17 atom stereocenters. The lowest BCUT2D eigenvalue weighted by Crippen LogP contribution is -2.66. The molecule has 98 heavy (non-hydrogen) atoms. The minimum Gasteiger partial charge on any atom is -0.394 e. The number of carbonyl (C=O) groups excluding carboxylic acids is 1. The van der Waals surface area contributed by atoms with Crippen LogP contribution in [0.25, 0.3) is 0 Å². The van der Waals surface area contributed by atoms with Crippen LogP contribution < -0.4 is 5.32 Å². The van der Waals surface area contributed by atoms with Gasteiger partial charge in [0.25, 0.3) is 0 Å². The molecule has 1 amide bonds. The number of nitrogens with one attached hydrogen (secondary N) is 1. The van der Waals surface area contributed by atoms with Crippen LogP contribution in [0.4, 0.5) is 0 Å². The lowest BCUT2D eigenvalue weighted by atomic mass is 9.96. The van der Waals surface area contributed by atoms with E-state index >= 15 is 0 Å². The van der Waals surface area contributed by atoms with Crippen LogP contribution in [0.3, 0.4) is 0 Å². The Kier molecular flexibility index (Phi) is 54.0. The lowest BCUT2D eigenvalue weighted by molar-refractivity contribution is -0.379. The van der Waals surface area contributed by atoms with Crippen molar-refractivity contribution in [1.82, 2.24) is 5.32 Å². The molecule has 3 saturated heterocycles. The van der Waals surface area contributed by atoms with Crippen molar-refractivity contribution in [2.45, 2.75) is 381 Å². The normalized spacial score (nSPS) is 27.2. The van der Waals surface area contributed by atoms with Crippen molar-refractivity contribution < 1.29 is 89.4 Å². The van der Waals surface area contributed by atoms with Crippen molar-refractivity contribution in [1.29, 1.82) is 0 Å². The quantitative estimate of drug-likeness (QED) is 0.0199. The van der Waals surface area contributed by atoms with E-state index in [1.165, 1.54) is 173 Å². The monoisotopic (exact) mass is 1390 g/mol. The maximum Gasteiger partial charge on any atom is 0.220 e. The summed E-state index contributed by atoms with van der Waals surface area (Å²) in [5, 5.41) is 121. The highest BCUT2D eigenvalue weighted by molar-refractivity contribution is 5.76. The van der Waals surface area contributed by atoms with Gasteiger partial charge in [-0.25, -0.2) is 0 Å². The van der Waals surface area contributed by atoms with E-state index in [1.54, 1.807) is 6.08 Å². The first-order chi connectivity index (χ1) is 47.8. The highest BCUT2D eigenvalue weighted by Crippen LogP contribution is 2.33. The minimum absolute atomic E-state index is 0.229. The van der Waals surface area contributed by atoms with Gasteiger partial charge in [-0.05, 0) is 83.5 Å². The van der Waals surface area contributed by atoms with Crippen molar-refractivity contribution >= 4 is 5.91 Å². The van der Waals surface area contributed by atoms with E-state index in [2.05, 4.69) is 92.1 Å². The second-order valence-electron chi connectivity index (χ2n) is 27.4. The molecular formula is C79H139NO18. The van der Waals surface area contributed by atoms with E-state index in [9.17, 15) is 61.0 Å². The number of aliphatic hydroxyl groups excluding tert-OH is 11. The first-order valence-electron chi connectivity index (χ1n) is 38.8. The first-order valence-corrected chi connectivity index (χ1v) is 38.8. The van der Waals surface area contributed by atoms with Gasteiger partial charge in [-0.3, -0.25) is 4.79 Å². The van der Waals surface area contributed by atoms with Gasteiger partial charge in [0, 0.05) is 6.42 Å². The molecule has 19 nitrogen and oxygen atoms in total. The van der Waals surface area contributed by atoms with Gasteiger partial charge in [-0.1, -0.05) is 272 Å². The Labute approximate surface area is 590 Å². The Hall–Kier alpha value is -3.03. The summed E-state index contributed by atoms with van der Waals surface area (Å²) in [7, 11) is 0. The van der Waals surface area contributed by atoms with Crippen LogP contribution in [0.5, 0.6) is 0 Å². The summed E-state index contributed by atoms with van der Waals surface area (Å²) in [6.07, 6.45) is 51.4. The number of carbonyl (C=O) groups is 1. The van der Waals surface area contributed by atoms with E-state index < -0.39 is 124 Å². The molecule has 3 aliphatic rings. The number of rotatable bonds is 60. The summed E-state index contributed by atoms with van der Waals surface area (Å²) in [5.74, 6) is -0.289. The summed E-state index contributed by atoms with van der Waals surface area (Å²) < 4.78 is 34.4. The highest BCUT2D eigenvalue weighted by atomic mass is 16.8. The minimum atomic E-state index is -1.99. The predicted molar refractivity (Wildman–Crippen MR) is 388 cm³/mol. The molecule has 568 valence electrons. The summed E-state index contributed by atoms with van der Waals surface area (Å²) in [5.41, 5.74) is 0. The maximum atomic E-state index is 13.5. The Bertz CT molecular complexity index is 2100. The first kappa shape index (κ1) is 89.2. The molecule has 0 spiro atoms. The highest BCUT2D eigenvalue weighted by Gasteiger charge is 2.53. The Morgan fingerprint density at radius 3 is 1.14 bits per heavy atom. The van der Waals surface area contributed by atoms with Gasteiger partial charge in [-0.2, -0.15) is 0 Å². The van der Waals surface area contributed by atoms with E-state index in [-0.39, 0.29) is 18.9 Å². The van der Waals surface area contributed by atoms with Crippen LogP contribution >= 0.6 is 0 Å². The third-order valence-corrected chi connectivity index (χ3v) is 18.9. The smallest absolute Gasteiger partial charge is 0.220 e.